The second-order valence-electron chi connectivity index (χ2n) is 5.02. The zero-order chi connectivity index (χ0) is 11.8. The fourth-order valence-corrected chi connectivity index (χ4v) is 2.42. The van der Waals surface area contributed by atoms with Gasteiger partial charge in [0.1, 0.15) is 0 Å². The summed E-state index contributed by atoms with van der Waals surface area (Å²) in [6.45, 7) is 0.940. The molecule has 1 aromatic rings. The number of aromatic nitrogens is 1. The third-order valence-corrected chi connectivity index (χ3v) is 3.79. The molecule has 0 saturated heterocycles. The van der Waals surface area contributed by atoms with Gasteiger partial charge in [0.2, 0.25) is 0 Å². The third kappa shape index (κ3) is 2.68. The molecule has 3 nitrogen and oxygen atoms in total. The number of pyridine rings is 1. The molecule has 0 N–H and O–H groups in total. The van der Waals surface area contributed by atoms with Gasteiger partial charge < -0.3 is 4.90 Å². The summed E-state index contributed by atoms with van der Waals surface area (Å²) < 4.78 is 0.866. The van der Waals surface area contributed by atoms with Crippen LogP contribution in [0.15, 0.2) is 22.9 Å². The minimum atomic E-state index is 0.146. The summed E-state index contributed by atoms with van der Waals surface area (Å²) in [4.78, 5) is 18.5. The Labute approximate surface area is 109 Å². The van der Waals surface area contributed by atoms with Crippen molar-refractivity contribution in [2.75, 3.05) is 6.54 Å². The Kier molecular flexibility index (Phi) is 2.90. The van der Waals surface area contributed by atoms with E-state index in [0.29, 0.717) is 11.6 Å². The molecule has 2 fully saturated rings. The van der Waals surface area contributed by atoms with Gasteiger partial charge in [0, 0.05) is 29.5 Å². The number of nitrogens with zero attached hydrogens (tertiary/aromatic N) is 2. The van der Waals surface area contributed by atoms with Crippen LogP contribution in [0.1, 0.15) is 36.0 Å². The van der Waals surface area contributed by atoms with E-state index in [1.165, 1.54) is 25.7 Å². The molecule has 2 aliphatic carbocycles. The first-order valence-electron chi connectivity index (χ1n) is 6.15. The summed E-state index contributed by atoms with van der Waals surface area (Å²) in [5.41, 5.74) is 0.701. The zero-order valence-corrected chi connectivity index (χ0v) is 11.2. The van der Waals surface area contributed by atoms with Crippen molar-refractivity contribution in [3.05, 3.63) is 28.5 Å². The molecule has 4 heteroatoms. The summed E-state index contributed by atoms with van der Waals surface area (Å²) in [7, 11) is 0. The lowest BCUT2D eigenvalue weighted by atomic mass is 10.2. The highest BCUT2D eigenvalue weighted by Crippen LogP contribution is 2.35. The standard InChI is InChI=1S/C13H15BrN2O/c14-11-5-10(6-15-7-11)13(17)16(12-3-4-12)8-9-1-2-9/h5-7,9,12H,1-4,8H2. The monoisotopic (exact) mass is 294 g/mol. The predicted molar refractivity (Wildman–Crippen MR) is 68.7 cm³/mol. The molecule has 0 aliphatic heterocycles. The molecular weight excluding hydrogens is 280 g/mol. The van der Waals surface area contributed by atoms with Gasteiger partial charge in [-0.05, 0) is 53.6 Å². The Morgan fingerprint density at radius 1 is 1.35 bits per heavy atom. The van der Waals surface area contributed by atoms with E-state index in [1.54, 1.807) is 12.4 Å². The molecule has 0 radical (unpaired) electrons. The Morgan fingerprint density at radius 3 is 2.71 bits per heavy atom. The first-order chi connectivity index (χ1) is 8.24. The number of halogens is 1. The molecule has 2 aliphatic rings. The summed E-state index contributed by atoms with van der Waals surface area (Å²) in [5, 5.41) is 0. The molecule has 0 bridgehead atoms. The SMILES string of the molecule is O=C(c1cncc(Br)c1)N(CC1CC1)C1CC1. The van der Waals surface area contributed by atoms with Gasteiger partial charge in [0.05, 0.1) is 5.56 Å². The zero-order valence-electron chi connectivity index (χ0n) is 9.60. The van der Waals surface area contributed by atoms with Crippen LogP contribution < -0.4 is 0 Å². The second kappa shape index (κ2) is 4.41. The van der Waals surface area contributed by atoms with E-state index < -0.39 is 0 Å². The van der Waals surface area contributed by atoms with Crippen molar-refractivity contribution in [3.63, 3.8) is 0 Å². The van der Waals surface area contributed by atoms with E-state index in [4.69, 9.17) is 0 Å². The molecule has 17 heavy (non-hydrogen) atoms. The van der Waals surface area contributed by atoms with Crippen molar-refractivity contribution in [3.8, 4) is 0 Å². The van der Waals surface area contributed by atoms with Crippen LogP contribution in [0.25, 0.3) is 0 Å². The molecule has 0 aromatic carbocycles. The first-order valence-corrected chi connectivity index (χ1v) is 6.95. The van der Waals surface area contributed by atoms with E-state index in [0.717, 1.165) is 16.9 Å². The van der Waals surface area contributed by atoms with Gasteiger partial charge in [-0.3, -0.25) is 9.78 Å². The molecule has 0 unspecified atom stereocenters. The molecule has 0 spiro atoms. The molecular formula is C13H15BrN2O. The van der Waals surface area contributed by atoms with Gasteiger partial charge in [-0.15, -0.1) is 0 Å². The normalized spacial score (nSPS) is 19.1. The van der Waals surface area contributed by atoms with Crippen LogP contribution in [0, 0.1) is 5.92 Å². The van der Waals surface area contributed by atoms with E-state index in [9.17, 15) is 4.79 Å². The fraction of sp³-hybridized carbons (Fsp3) is 0.538. The van der Waals surface area contributed by atoms with Crippen molar-refractivity contribution in [1.29, 1.82) is 0 Å². The number of amides is 1. The topological polar surface area (TPSA) is 33.2 Å². The lowest BCUT2D eigenvalue weighted by Crippen LogP contribution is -2.35. The minimum Gasteiger partial charge on any atom is -0.335 e. The van der Waals surface area contributed by atoms with E-state index in [2.05, 4.69) is 25.8 Å². The second-order valence-corrected chi connectivity index (χ2v) is 5.94. The van der Waals surface area contributed by atoms with Gasteiger partial charge in [-0.25, -0.2) is 0 Å². The van der Waals surface area contributed by atoms with Crippen molar-refractivity contribution >= 4 is 21.8 Å². The Bertz CT molecular complexity index is 441. The smallest absolute Gasteiger partial charge is 0.255 e. The highest BCUT2D eigenvalue weighted by atomic mass is 79.9. The van der Waals surface area contributed by atoms with Gasteiger partial charge in [0.15, 0.2) is 0 Å². The molecule has 1 amide bonds. The van der Waals surface area contributed by atoms with Crippen LogP contribution in [0.2, 0.25) is 0 Å². The maximum atomic E-state index is 12.4. The maximum Gasteiger partial charge on any atom is 0.255 e. The van der Waals surface area contributed by atoms with Crippen molar-refractivity contribution in [2.45, 2.75) is 31.7 Å². The van der Waals surface area contributed by atoms with Gasteiger partial charge >= 0.3 is 0 Å². The van der Waals surface area contributed by atoms with Crippen LogP contribution >= 0.6 is 15.9 Å². The quantitative estimate of drug-likeness (QED) is 0.855. The summed E-state index contributed by atoms with van der Waals surface area (Å²) in [6, 6.07) is 2.35. The number of carbonyl (C=O) groups excluding carboxylic acids is 1. The van der Waals surface area contributed by atoms with Crippen LogP contribution in [-0.4, -0.2) is 28.4 Å². The largest absolute Gasteiger partial charge is 0.335 e. The van der Waals surface area contributed by atoms with Crippen molar-refractivity contribution in [1.82, 2.24) is 9.88 Å². The number of carbonyl (C=O) groups is 1. The molecule has 0 atom stereocenters. The molecule has 2 saturated carbocycles. The maximum absolute atomic E-state index is 12.4. The molecule has 1 heterocycles. The highest BCUT2D eigenvalue weighted by molar-refractivity contribution is 9.10. The van der Waals surface area contributed by atoms with Gasteiger partial charge in [-0.1, -0.05) is 0 Å². The van der Waals surface area contributed by atoms with Crippen LogP contribution in [0.4, 0.5) is 0 Å². The Balaban J connectivity index is 1.77. The van der Waals surface area contributed by atoms with Crippen LogP contribution in [-0.2, 0) is 0 Å². The highest BCUT2D eigenvalue weighted by Gasteiger charge is 2.36. The Morgan fingerprint density at radius 2 is 2.12 bits per heavy atom. The number of hydrogen-bond donors (Lipinski definition) is 0. The van der Waals surface area contributed by atoms with Gasteiger partial charge in [-0.2, -0.15) is 0 Å². The van der Waals surface area contributed by atoms with Crippen molar-refractivity contribution in [2.24, 2.45) is 5.92 Å². The average molecular weight is 295 g/mol. The number of rotatable bonds is 4. The number of hydrogen-bond acceptors (Lipinski definition) is 2. The molecule has 3 rings (SSSR count). The minimum absolute atomic E-state index is 0.146. The fourth-order valence-electron chi connectivity index (χ4n) is 2.06. The van der Waals surface area contributed by atoms with E-state index >= 15 is 0 Å². The summed E-state index contributed by atoms with van der Waals surface area (Å²) in [6.07, 6.45) is 8.27. The van der Waals surface area contributed by atoms with Crippen molar-refractivity contribution < 1.29 is 4.79 Å². The first kappa shape index (κ1) is 11.2. The lowest BCUT2D eigenvalue weighted by Gasteiger charge is -2.22. The van der Waals surface area contributed by atoms with E-state index in [-0.39, 0.29) is 5.91 Å². The molecule has 90 valence electrons. The predicted octanol–water partition coefficient (Wildman–Crippen LogP) is 2.86. The van der Waals surface area contributed by atoms with Crippen LogP contribution in [0.5, 0.6) is 0 Å². The molecule has 1 aromatic heterocycles. The lowest BCUT2D eigenvalue weighted by molar-refractivity contribution is 0.0734. The van der Waals surface area contributed by atoms with Crippen LogP contribution in [0.3, 0.4) is 0 Å². The Hall–Kier alpha value is -0.900. The summed E-state index contributed by atoms with van der Waals surface area (Å²) in [5.74, 6) is 0.896. The average Bonchev–Trinajstić information content (AvgIpc) is 3.16. The van der Waals surface area contributed by atoms with Gasteiger partial charge in [0.25, 0.3) is 5.91 Å². The van der Waals surface area contributed by atoms with E-state index in [1.807, 2.05) is 6.07 Å². The summed E-state index contributed by atoms with van der Waals surface area (Å²) >= 11 is 3.36. The third-order valence-electron chi connectivity index (χ3n) is 3.35.